The van der Waals surface area contributed by atoms with E-state index in [-0.39, 0.29) is 12.5 Å². The summed E-state index contributed by atoms with van der Waals surface area (Å²) in [6, 6.07) is 15.7. The number of rotatable bonds is 10. The summed E-state index contributed by atoms with van der Waals surface area (Å²) in [5.41, 5.74) is 3.85. The lowest BCUT2D eigenvalue weighted by Crippen LogP contribution is -2.06. The van der Waals surface area contributed by atoms with Crippen LogP contribution in [0, 0.1) is 6.92 Å². The number of carbonyl (C=O) groups is 1. The number of nitrogens with one attached hydrogen (secondary N) is 2. The van der Waals surface area contributed by atoms with Crippen molar-refractivity contribution < 1.29 is 9.90 Å². The Bertz CT molecular complexity index is 1040. The first-order chi connectivity index (χ1) is 15.1. The van der Waals surface area contributed by atoms with Crippen LogP contribution in [0.4, 0.5) is 17.3 Å². The molecule has 3 aromatic rings. The molecular formula is C24H26N4O2S. The zero-order valence-electron chi connectivity index (χ0n) is 17.5. The first-order valence-corrected chi connectivity index (χ1v) is 10.9. The van der Waals surface area contributed by atoms with E-state index in [9.17, 15) is 4.79 Å². The third-order valence-corrected chi connectivity index (χ3v) is 5.62. The van der Waals surface area contributed by atoms with Gasteiger partial charge in [0, 0.05) is 34.6 Å². The average Bonchev–Trinajstić information content (AvgIpc) is 2.78. The molecule has 0 spiro atoms. The van der Waals surface area contributed by atoms with E-state index in [2.05, 4.69) is 39.3 Å². The molecule has 0 saturated carbocycles. The van der Waals surface area contributed by atoms with Crippen LogP contribution < -0.4 is 10.6 Å². The molecule has 0 unspecified atom stereocenters. The van der Waals surface area contributed by atoms with Crippen molar-refractivity contribution in [3.63, 3.8) is 0 Å². The lowest BCUT2D eigenvalue weighted by Gasteiger charge is -2.10. The van der Waals surface area contributed by atoms with Crippen molar-refractivity contribution in [3.8, 4) is 0 Å². The van der Waals surface area contributed by atoms with Crippen molar-refractivity contribution in [1.29, 1.82) is 0 Å². The summed E-state index contributed by atoms with van der Waals surface area (Å²) in [6.45, 7) is 5.66. The molecule has 1 heterocycles. The predicted octanol–water partition coefficient (Wildman–Crippen LogP) is 5.12. The fourth-order valence-corrected chi connectivity index (χ4v) is 3.72. The molecule has 7 heteroatoms. The van der Waals surface area contributed by atoms with Gasteiger partial charge in [0.25, 0.3) is 0 Å². The van der Waals surface area contributed by atoms with E-state index in [0.717, 1.165) is 46.1 Å². The van der Waals surface area contributed by atoms with Gasteiger partial charge in [0.15, 0.2) is 0 Å². The molecule has 0 radical (unpaired) electrons. The molecule has 31 heavy (non-hydrogen) atoms. The van der Waals surface area contributed by atoms with Crippen molar-refractivity contribution in [1.82, 2.24) is 9.97 Å². The molecular weight excluding hydrogens is 408 g/mol. The van der Waals surface area contributed by atoms with Crippen molar-refractivity contribution in [3.05, 3.63) is 78.5 Å². The van der Waals surface area contributed by atoms with E-state index < -0.39 is 0 Å². The van der Waals surface area contributed by atoms with Crippen molar-refractivity contribution in [2.75, 3.05) is 17.2 Å². The Labute approximate surface area is 186 Å². The third kappa shape index (κ3) is 6.94. The molecule has 0 bridgehead atoms. The summed E-state index contributed by atoms with van der Waals surface area (Å²) < 4.78 is 0. The van der Waals surface area contributed by atoms with Gasteiger partial charge in [-0.1, -0.05) is 30.5 Å². The Morgan fingerprint density at radius 2 is 1.97 bits per heavy atom. The van der Waals surface area contributed by atoms with Crippen LogP contribution in [-0.4, -0.2) is 27.6 Å². The number of unbranched alkanes of at least 4 members (excludes halogenated alkanes) is 1. The molecule has 160 valence electrons. The minimum absolute atomic E-state index is 0.224. The highest BCUT2D eigenvalue weighted by atomic mass is 32.2. The molecule has 0 aliphatic carbocycles. The number of anilines is 3. The summed E-state index contributed by atoms with van der Waals surface area (Å²) in [6.07, 6.45) is 5.74. The topological polar surface area (TPSA) is 87.1 Å². The van der Waals surface area contributed by atoms with E-state index in [1.807, 2.05) is 43.3 Å². The number of hydrogen-bond donors (Lipinski definition) is 3. The number of aliphatic hydroxyl groups is 1. The number of carbonyl (C=O) groups excluding carboxylic acids is 1. The van der Waals surface area contributed by atoms with Crippen LogP contribution in [0.1, 0.15) is 24.0 Å². The van der Waals surface area contributed by atoms with Crippen LogP contribution in [0.2, 0.25) is 0 Å². The van der Waals surface area contributed by atoms with Crippen molar-refractivity contribution in [2.24, 2.45) is 0 Å². The molecule has 0 saturated heterocycles. The SMILES string of the molecule is C=CC(=O)Nc1ccc(Sc2nc(Nc3cccc(CCCCO)c3)ncc2C)cc1. The fraction of sp³-hybridized carbons (Fsp3) is 0.208. The monoisotopic (exact) mass is 434 g/mol. The Morgan fingerprint density at radius 3 is 2.71 bits per heavy atom. The van der Waals surface area contributed by atoms with E-state index in [1.54, 1.807) is 18.0 Å². The predicted molar refractivity (Wildman–Crippen MR) is 126 cm³/mol. The minimum atomic E-state index is -0.236. The van der Waals surface area contributed by atoms with Gasteiger partial charge in [-0.3, -0.25) is 4.79 Å². The van der Waals surface area contributed by atoms with Gasteiger partial charge in [0.2, 0.25) is 11.9 Å². The number of amides is 1. The molecule has 0 fully saturated rings. The number of hydrogen-bond acceptors (Lipinski definition) is 6. The summed E-state index contributed by atoms with van der Waals surface area (Å²) in [5.74, 6) is 0.302. The van der Waals surface area contributed by atoms with Crippen LogP contribution in [-0.2, 0) is 11.2 Å². The number of aliphatic hydroxyl groups excluding tert-OH is 1. The number of benzene rings is 2. The van der Waals surface area contributed by atoms with Gasteiger partial charge in [-0.2, -0.15) is 0 Å². The van der Waals surface area contributed by atoms with Crippen LogP contribution in [0.3, 0.4) is 0 Å². The van der Waals surface area contributed by atoms with Gasteiger partial charge < -0.3 is 15.7 Å². The Hall–Kier alpha value is -3.16. The summed E-state index contributed by atoms with van der Waals surface area (Å²) >= 11 is 1.54. The number of aryl methyl sites for hydroxylation is 2. The molecule has 2 aromatic carbocycles. The third-order valence-electron chi connectivity index (χ3n) is 4.50. The highest BCUT2D eigenvalue weighted by Gasteiger charge is 2.08. The van der Waals surface area contributed by atoms with E-state index in [4.69, 9.17) is 5.11 Å². The Kier molecular flexibility index (Phi) is 8.20. The van der Waals surface area contributed by atoms with Crippen LogP contribution in [0.5, 0.6) is 0 Å². The number of nitrogens with zero attached hydrogens (tertiary/aromatic N) is 2. The molecule has 3 N–H and O–H groups in total. The van der Waals surface area contributed by atoms with Crippen LogP contribution in [0.25, 0.3) is 0 Å². The quantitative estimate of drug-likeness (QED) is 0.233. The van der Waals surface area contributed by atoms with Gasteiger partial charge in [-0.25, -0.2) is 9.97 Å². The molecule has 0 atom stereocenters. The molecule has 1 amide bonds. The highest BCUT2D eigenvalue weighted by molar-refractivity contribution is 7.99. The van der Waals surface area contributed by atoms with Crippen LogP contribution in [0.15, 0.2) is 77.3 Å². The largest absolute Gasteiger partial charge is 0.396 e. The van der Waals surface area contributed by atoms with E-state index >= 15 is 0 Å². The molecule has 3 rings (SSSR count). The summed E-state index contributed by atoms with van der Waals surface area (Å²) in [4.78, 5) is 21.5. The van der Waals surface area contributed by atoms with Gasteiger partial charge in [0.05, 0.1) is 0 Å². The fourth-order valence-electron chi connectivity index (χ4n) is 2.88. The van der Waals surface area contributed by atoms with Crippen molar-refractivity contribution >= 4 is 35.0 Å². The zero-order chi connectivity index (χ0) is 22.1. The molecule has 1 aromatic heterocycles. The standard InChI is InChI=1S/C24H26N4O2S/c1-3-22(30)26-19-10-12-21(13-11-19)31-23-17(2)16-25-24(28-23)27-20-9-6-8-18(15-20)7-4-5-14-29/h3,6,8-13,15-16,29H,1,4-5,7,14H2,2H3,(H,26,30)(H,25,27,28). The van der Waals surface area contributed by atoms with Crippen molar-refractivity contribution in [2.45, 2.75) is 36.1 Å². The first kappa shape index (κ1) is 22.5. The zero-order valence-corrected chi connectivity index (χ0v) is 18.3. The normalized spacial score (nSPS) is 10.5. The summed E-state index contributed by atoms with van der Waals surface area (Å²) in [5, 5.41) is 15.8. The second-order valence-electron chi connectivity index (χ2n) is 7.01. The molecule has 0 aliphatic heterocycles. The Balaban J connectivity index is 1.68. The highest BCUT2D eigenvalue weighted by Crippen LogP contribution is 2.30. The minimum Gasteiger partial charge on any atom is -0.396 e. The van der Waals surface area contributed by atoms with Gasteiger partial charge >= 0.3 is 0 Å². The van der Waals surface area contributed by atoms with E-state index in [0.29, 0.717) is 5.95 Å². The maximum atomic E-state index is 11.4. The smallest absolute Gasteiger partial charge is 0.247 e. The first-order valence-electron chi connectivity index (χ1n) is 10.1. The maximum absolute atomic E-state index is 11.4. The maximum Gasteiger partial charge on any atom is 0.247 e. The van der Waals surface area contributed by atoms with Gasteiger partial charge in [-0.15, -0.1) is 0 Å². The second kappa shape index (κ2) is 11.3. The molecule has 6 nitrogen and oxygen atoms in total. The second-order valence-corrected chi connectivity index (χ2v) is 8.07. The molecule has 0 aliphatic rings. The lowest BCUT2D eigenvalue weighted by atomic mass is 10.1. The van der Waals surface area contributed by atoms with Gasteiger partial charge in [-0.05, 0) is 74.2 Å². The Morgan fingerprint density at radius 1 is 1.16 bits per heavy atom. The van der Waals surface area contributed by atoms with Gasteiger partial charge in [0.1, 0.15) is 5.03 Å². The van der Waals surface area contributed by atoms with Crippen LogP contribution >= 0.6 is 11.8 Å². The summed E-state index contributed by atoms with van der Waals surface area (Å²) in [7, 11) is 0. The van der Waals surface area contributed by atoms with E-state index in [1.165, 1.54) is 11.6 Å². The number of aromatic nitrogens is 2. The lowest BCUT2D eigenvalue weighted by molar-refractivity contribution is -0.111. The average molecular weight is 435 g/mol.